The average Bonchev–Trinajstić information content (AvgIpc) is 3.10. The van der Waals surface area contributed by atoms with Crippen molar-refractivity contribution in [3.05, 3.63) is 41.0 Å². The second kappa shape index (κ2) is 4.93. The van der Waals surface area contributed by atoms with Gasteiger partial charge in [-0.25, -0.2) is 0 Å². The van der Waals surface area contributed by atoms with Gasteiger partial charge < -0.3 is 9.42 Å². The molecule has 0 N–H and O–H groups in total. The van der Waals surface area contributed by atoms with Crippen molar-refractivity contribution in [1.29, 1.82) is 0 Å². The van der Waals surface area contributed by atoms with Gasteiger partial charge in [0.25, 0.3) is 0 Å². The summed E-state index contributed by atoms with van der Waals surface area (Å²) in [6.07, 6.45) is 2.74. The van der Waals surface area contributed by atoms with Gasteiger partial charge in [-0.3, -0.25) is 4.79 Å². The van der Waals surface area contributed by atoms with Gasteiger partial charge in [-0.15, -0.1) is 0 Å². The first kappa shape index (κ1) is 13.5. The molecule has 2 heterocycles. The number of anilines is 1. The van der Waals surface area contributed by atoms with Crippen LogP contribution < -0.4 is 4.90 Å². The van der Waals surface area contributed by atoms with Crippen molar-refractivity contribution < 1.29 is 9.32 Å². The molecule has 1 aromatic carbocycles. The SMILES string of the molecule is Cc1ccc(N2C[C@@H](c3nc(C4CC4)no3)CC2=O)cc1C. The largest absolute Gasteiger partial charge is 0.339 e. The molecule has 0 spiro atoms. The normalized spacial score (nSPS) is 21.6. The van der Waals surface area contributed by atoms with Crippen LogP contribution in [0.15, 0.2) is 22.7 Å². The van der Waals surface area contributed by atoms with E-state index in [1.807, 2.05) is 11.0 Å². The summed E-state index contributed by atoms with van der Waals surface area (Å²) in [5, 5.41) is 4.06. The third-order valence-electron chi connectivity index (χ3n) is 4.68. The van der Waals surface area contributed by atoms with E-state index >= 15 is 0 Å². The fourth-order valence-electron chi connectivity index (χ4n) is 2.94. The number of carbonyl (C=O) groups excluding carboxylic acids is 1. The van der Waals surface area contributed by atoms with E-state index in [9.17, 15) is 4.79 Å². The second-order valence-electron chi connectivity index (χ2n) is 6.44. The molecule has 1 aliphatic heterocycles. The molecule has 5 nitrogen and oxygen atoms in total. The van der Waals surface area contributed by atoms with Crippen LogP contribution in [0.1, 0.15) is 53.9 Å². The van der Waals surface area contributed by atoms with E-state index in [0.29, 0.717) is 24.8 Å². The van der Waals surface area contributed by atoms with Crippen molar-refractivity contribution >= 4 is 11.6 Å². The predicted molar refractivity (Wildman–Crippen MR) is 81.9 cm³/mol. The Labute approximate surface area is 129 Å². The van der Waals surface area contributed by atoms with Crippen LogP contribution in [0.25, 0.3) is 0 Å². The van der Waals surface area contributed by atoms with Gasteiger partial charge in [0.15, 0.2) is 5.82 Å². The van der Waals surface area contributed by atoms with Crippen LogP contribution >= 0.6 is 0 Å². The first-order valence-corrected chi connectivity index (χ1v) is 7.83. The summed E-state index contributed by atoms with van der Waals surface area (Å²) >= 11 is 0. The van der Waals surface area contributed by atoms with Crippen LogP contribution in [0.3, 0.4) is 0 Å². The van der Waals surface area contributed by atoms with Gasteiger partial charge >= 0.3 is 0 Å². The molecule has 22 heavy (non-hydrogen) atoms. The predicted octanol–water partition coefficient (Wildman–Crippen LogP) is 3.08. The molecule has 1 atom stereocenters. The maximum absolute atomic E-state index is 12.3. The van der Waals surface area contributed by atoms with E-state index in [2.05, 4.69) is 36.1 Å². The fourth-order valence-corrected chi connectivity index (χ4v) is 2.94. The molecular weight excluding hydrogens is 278 g/mol. The smallest absolute Gasteiger partial charge is 0.232 e. The Morgan fingerprint density at radius 2 is 2.00 bits per heavy atom. The molecular formula is C17H19N3O2. The number of aryl methyl sites for hydroxylation is 2. The van der Waals surface area contributed by atoms with Crippen molar-refractivity contribution in [2.24, 2.45) is 0 Å². The maximum Gasteiger partial charge on any atom is 0.232 e. The Balaban J connectivity index is 1.55. The lowest BCUT2D eigenvalue weighted by Gasteiger charge is -2.17. The second-order valence-corrected chi connectivity index (χ2v) is 6.44. The third-order valence-corrected chi connectivity index (χ3v) is 4.68. The van der Waals surface area contributed by atoms with E-state index in [0.717, 1.165) is 24.4 Å². The van der Waals surface area contributed by atoms with Gasteiger partial charge in [-0.05, 0) is 49.9 Å². The highest BCUT2D eigenvalue weighted by Crippen LogP contribution is 2.39. The van der Waals surface area contributed by atoms with Crippen LogP contribution in [-0.4, -0.2) is 22.6 Å². The molecule has 1 aromatic heterocycles. The lowest BCUT2D eigenvalue weighted by molar-refractivity contribution is -0.117. The fraction of sp³-hybridized carbons (Fsp3) is 0.471. The lowest BCUT2D eigenvalue weighted by atomic mass is 10.1. The summed E-state index contributed by atoms with van der Waals surface area (Å²) in [6.45, 7) is 4.76. The minimum absolute atomic E-state index is 0.00843. The Morgan fingerprint density at radius 3 is 2.73 bits per heavy atom. The number of rotatable bonds is 3. The molecule has 0 bridgehead atoms. The van der Waals surface area contributed by atoms with Crippen molar-refractivity contribution in [3.8, 4) is 0 Å². The highest BCUT2D eigenvalue weighted by molar-refractivity contribution is 5.96. The molecule has 0 unspecified atom stereocenters. The number of amides is 1. The summed E-state index contributed by atoms with van der Waals surface area (Å²) in [6, 6.07) is 6.13. The Bertz CT molecular complexity index is 733. The van der Waals surface area contributed by atoms with Gasteiger partial charge in [-0.1, -0.05) is 11.2 Å². The van der Waals surface area contributed by atoms with E-state index < -0.39 is 0 Å². The number of aromatic nitrogens is 2. The molecule has 2 aliphatic rings. The van der Waals surface area contributed by atoms with Gasteiger partial charge in [-0.2, -0.15) is 4.98 Å². The lowest BCUT2D eigenvalue weighted by Crippen LogP contribution is -2.24. The molecule has 2 fully saturated rings. The zero-order valence-corrected chi connectivity index (χ0v) is 12.9. The Hall–Kier alpha value is -2.17. The summed E-state index contributed by atoms with van der Waals surface area (Å²) in [5.74, 6) is 2.03. The van der Waals surface area contributed by atoms with E-state index in [4.69, 9.17) is 4.52 Å². The molecule has 1 saturated carbocycles. The summed E-state index contributed by atoms with van der Waals surface area (Å²) in [4.78, 5) is 18.7. The number of benzene rings is 1. The molecule has 5 heteroatoms. The van der Waals surface area contributed by atoms with Gasteiger partial charge in [0, 0.05) is 24.6 Å². The number of nitrogens with zero attached hydrogens (tertiary/aromatic N) is 3. The average molecular weight is 297 g/mol. The van der Waals surface area contributed by atoms with Gasteiger partial charge in [0.1, 0.15) is 0 Å². The minimum Gasteiger partial charge on any atom is -0.339 e. The van der Waals surface area contributed by atoms with Crippen molar-refractivity contribution in [2.45, 2.75) is 44.9 Å². The van der Waals surface area contributed by atoms with Crippen LogP contribution in [-0.2, 0) is 4.79 Å². The van der Waals surface area contributed by atoms with Crippen LogP contribution in [0, 0.1) is 13.8 Å². The van der Waals surface area contributed by atoms with Gasteiger partial charge in [0.2, 0.25) is 11.8 Å². The van der Waals surface area contributed by atoms with Crippen LogP contribution in [0.4, 0.5) is 5.69 Å². The van der Waals surface area contributed by atoms with E-state index in [1.54, 1.807) is 0 Å². The molecule has 114 valence electrons. The van der Waals surface area contributed by atoms with Crippen molar-refractivity contribution in [3.63, 3.8) is 0 Å². The molecule has 0 radical (unpaired) electrons. The first-order valence-electron chi connectivity index (χ1n) is 7.83. The zero-order chi connectivity index (χ0) is 15.3. The van der Waals surface area contributed by atoms with Gasteiger partial charge in [0.05, 0.1) is 5.92 Å². The molecule has 1 amide bonds. The third kappa shape index (κ3) is 2.30. The standard InChI is InChI=1S/C17H19N3O2/c1-10-3-6-14(7-11(10)2)20-9-13(8-15(20)21)17-18-16(19-22-17)12-4-5-12/h3,6-7,12-13H,4-5,8-9H2,1-2H3/t13-/m0/s1. The molecule has 2 aromatic rings. The number of carbonyl (C=O) groups is 1. The van der Waals surface area contributed by atoms with Crippen molar-refractivity contribution in [2.75, 3.05) is 11.4 Å². The summed E-state index contributed by atoms with van der Waals surface area (Å²) < 4.78 is 5.39. The quantitative estimate of drug-likeness (QED) is 0.873. The Morgan fingerprint density at radius 1 is 1.18 bits per heavy atom. The first-order chi connectivity index (χ1) is 10.6. The summed E-state index contributed by atoms with van der Waals surface area (Å²) in [7, 11) is 0. The van der Waals surface area contributed by atoms with E-state index in [-0.39, 0.29) is 11.8 Å². The summed E-state index contributed by atoms with van der Waals surface area (Å²) in [5.41, 5.74) is 3.39. The minimum atomic E-state index is 0.00843. The molecule has 4 rings (SSSR count). The number of hydrogen-bond donors (Lipinski definition) is 0. The van der Waals surface area contributed by atoms with Crippen molar-refractivity contribution in [1.82, 2.24) is 10.1 Å². The highest BCUT2D eigenvalue weighted by atomic mass is 16.5. The topological polar surface area (TPSA) is 59.2 Å². The molecule has 1 saturated heterocycles. The number of hydrogen-bond acceptors (Lipinski definition) is 4. The zero-order valence-electron chi connectivity index (χ0n) is 12.9. The van der Waals surface area contributed by atoms with Crippen LogP contribution in [0.2, 0.25) is 0 Å². The van der Waals surface area contributed by atoms with E-state index in [1.165, 1.54) is 11.1 Å². The Kier molecular flexibility index (Phi) is 3.03. The molecule has 1 aliphatic carbocycles. The highest BCUT2D eigenvalue weighted by Gasteiger charge is 2.36. The monoisotopic (exact) mass is 297 g/mol. The van der Waals surface area contributed by atoms with Crippen LogP contribution in [0.5, 0.6) is 0 Å². The maximum atomic E-state index is 12.3.